The molecule has 0 saturated heterocycles. The molecule has 2 rings (SSSR count). The van der Waals surface area contributed by atoms with Crippen LogP contribution in [0.1, 0.15) is 61.6 Å². The maximum Gasteiger partial charge on any atom is 0.251 e. The minimum absolute atomic E-state index is 0.0585. The molecule has 0 heterocycles. The Kier molecular flexibility index (Phi) is 10.6. The molecule has 1 saturated carbocycles. The topological polar surface area (TPSA) is 105 Å². The largest absolute Gasteiger partial charge is 0.508 e. The number of rotatable bonds is 10. The van der Waals surface area contributed by atoms with Crippen molar-refractivity contribution in [2.45, 2.75) is 51.9 Å². The van der Waals surface area contributed by atoms with Crippen molar-refractivity contribution in [3.63, 3.8) is 0 Å². The molecule has 1 amide bonds. The molecule has 31 heavy (non-hydrogen) atoms. The molecule has 6 nitrogen and oxygen atoms in total. The van der Waals surface area contributed by atoms with Crippen LogP contribution in [0, 0.1) is 5.41 Å². The van der Waals surface area contributed by atoms with Crippen LogP contribution in [-0.4, -0.2) is 36.2 Å². The van der Waals surface area contributed by atoms with Gasteiger partial charge in [-0.25, -0.2) is 4.39 Å². The van der Waals surface area contributed by atoms with Gasteiger partial charge >= 0.3 is 0 Å². The zero-order valence-corrected chi connectivity index (χ0v) is 19.1. The van der Waals surface area contributed by atoms with E-state index in [9.17, 15) is 14.3 Å². The minimum Gasteiger partial charge on any atom is -0.508 e. The highest BCUT2D eigenvalue weighted by Crippen LogP contribution is 2.52. The van der Waals surface area contributed by atoms with Crippen molar-refractivity contribution in [2.75, 3.05) is 14.1 Å². The molecule has 0 spiro atoms. The Labute approximate surface area is 185 Å². The molecule has 0 bridgehead atoms. The summed E-state index contributed by atoms with van der Waals surface area (Å²) in [7, 11) is 3.33. The molecule has 0 aromatic heterocycles. The van der Waals surface area contributed by atoms with E-state index in [1.165, 1.54) is 25.3 Å². The fourth-order valence-corrected chi connectivity index (χ4v) is 3.36. The summed E-state index contributed by atoms with van der Waals surface area (Å²) in [4.78, 5) is 13.5. The molecule has 1 aliphatic rings. The van der Waals surface area contributed by atoms with Crippen molar-refractivity contribution in [3.8, 4) is 5.75 Å². The number of nitrogens with two attached hydrogens (primary N) is 2. The normalized spacial score (nSPS) is 17.0. The predicted molar refractivity (Wildman–Crippen MR) is 125 cm³/mol. The Morgan fingerprint density at radius 2 is 2.03 bits per heavy atom. The first-order valence-corrected chi connectivity index (χ1v) is 10.7. The van der Waals surface area contributed by atoms with Crippen LogP contribution in [0.15, 0.2) is 54.9 Å². The Morgan fingerprint density at radius 3 is 2.55 bits per heavy atom. The molecular formula is C24H37FN4O2. The van der Waals surface area contributed by atoms with Gasteiger partial charge in [-0.3, -0.25) is 9.69 Å². The molecular weight excluding hydrogens is 395 g/mol. The van der Waals surface area contributed by atoms with Crippen LogP contribution < -0.4 is 16.8 Å². The third kappa shape index (κ3) is 7.02. The van der Waals surface area contributed by atoms with Crippen LogP contribution in [0.4, 0.5) is 4.39 Å². The van der Waals surface area contributed by atoms with Crippen LogP contribution >= 0.6 is 0 Å². The Hall–Kier alpha value is -2.48. The first-order chi connectivity index (χ1) is 14.8. The van der Waals surface area contributed by atoms with Crippen LogP contribution in [0.25, 0.3) is 0 Å². The van der Waals surface area contributed by atoms with Crippen LogP contribution in [0.5, 0.6) is 5.75 Å². The van der Waals surface area contributed by atoms with E-state index in [-0.39, 0.29) is 29.1 Å². The van der Waals surface area contributed by atoms with Gasteiger partial charge < -0.3 is 21.9 Å². The number of hydrogen-bond donors (Lipinski definition) is 4. The third-order valence-electron chi connectivity index (χ3n) is 5.52. The summed E-state index contributed by atoms with van der Waals surface area (Å²) in [6.45, 7) is 7.56. The molecule has 2 atom stereocenters. The van der Waals surface area contributed by atoms with Gasteiger partial charge in [0.1, 0.15) is 11.6 Å². The molecule has 1 aromatic rings. The summed E-state index contributed by atoms with van der Waals surface area (Å²) >= 11 is 0. The van der Waals surface area contributed by atoms with Crippen LogP contribution in [0.2, 0.25) is 0 Å². The smallest absolute Gasteiger partial charge is 0.251 e. The van der Waals surface area contributed by atoms with Crippen molar-refractivity contribution in [2.24, 2.45) is 16.9 Å². The van der Waals surface area contributed by atoms with Crippen LogP contribution in [0.3, 0.4) is 0 Å². The van der Waals surface area contributed by atoms with Gasteiger partial charge in [0.2, 0.25) is 0 Å². The highest BCUT2D eigenvalue weighted by Gasteiger charge is 2.49. The van der Waals surface area contributed by atoms with Crippen molar-refractivity contribution in [1.29, 1.82) is 0 Å². The van der Waals surface area contributed by atoms with Gasteiger partial charge in [-0.15, -0.1) is 6.58 Å². The molecule has 0 aliphatic heterocycles. The zero-order valence-electron chi connectivity index (χ0n) is 19.1. The van der Waals surface area contributed by atoms with E-state index in [0.29, 0.717) is 24.0 Å². The molecule has 2 unspecified atom stereocenters. The van der Waals surface area contributed by atoms with Crippen molar-refractivity contribution >= 4 is 5.91 Å². The van der Waals surface area contributed by atoms with Gasteiger partial charge in [0.05, 0.1) is 12.3 Å². The van der Waals surface area contributed by atoms with Crippen LogP contribution in [-0.2, 0) is 0 Å². The quantitative estimate of drug-likeness (QED) is 0.253. The third-order valence-corrected chi connectivity index (χ3v) is 5.52. The van der Waals surface area contributed by atoms with Gasteiger partial charge in [0.25, 0.3) is 5.91 Å². The van der Waals surface area contributed by atoms with Gasteiger partial charge in [-0.1, -0.05) is 32.1 Å². The number of phenolic OH excluding ortho intramolecular Hbond substituents is 1. The number of aromatic hydroxyl groups is 1. The van der Waals surface area contributed by atoms with Crippen molar-refractivity contribution in [3.05, 3.63) is 66.0 Å². The number of carbonyl (C=O) groups is 1. The lowest BCUT2D eigenvalue weighted by atomic mass is 9.96. The Morgan fingerprint density at radius 1 is 1.39 bits per heavy atom. The van der Waals surface area contributed by atoms with E-state index >= 15 is 0 Å². The standard InChI is InChI=1S/C22H31FN4O2.C2H6/c1-4-5-7-16(23)8-6-11-22(12-13-22)21(25)27(3)19(24)17-10-9-15(14-18(17)28)20(29)26-2;1-2/h4,6-10,14,19,21,28H,1,5,11-13,24-25H2,2-3H3,(H,26,29);1-2H3/b8-6-,16-7+;. The zero-order chi connectivity index (χ0) is 23.6. The maximum absolute atomic E-state index is 13.7. The summed E-state index contributed by atoms with van der Waals surface area (Å²) in [6.07, 6.45) is 8.34. The predicted octanol–water partition coefficient (Wildman–Crippen LogP) is 4.11. The average molecular weight is 433 g/mol. The molecule has 172 valence electrons. The lowest BCUT2D eigenvalue weighted by Gasteiger charge is -2.36. The number of benzene rings is 1. The van der Waals surface area contributed by atoms with E-state index in [1.54, 1.807) is 36.2 Å². The number of hydrogen-bond acceptors (Lipinski definition) is 5. The number of phenols is 1. The van der Waals surface area contributed by atoms with E-state index in [4.69, 9.17) is 11.5 Å². The molecule has 0 radical (unpaired) electrons. The minimum atomic E-state index is -0.644. The van der Waals surface area contributed by atoms with Crippen molar-refractivity contribution < 1.29 is 14.3 Å². The maximum atomic E-state index is 13.7. The summed E-state index contributed by atoms with van der Waals surface area (Å²) in [5.74, 6) is -0.638. The number of halogens is 1. The molecule has 1 aliphatic carbocycles. The van der Waals surface area contributed by atoms with E-state index in [0.717, 1.165) is 12.8 Å². The second-order valence-corrected chi connectivity index (χ2v) is 7.49. The summed E-state index contributed by atoms with van der Waals surface area (Å²) in [6, 6.07) is 4.63. The summed E-state index contributed by atoms with van der Waals surface area (Å²) < 4.78 is 13.7. The van der Waals surface area contributed by atoms with E-state index in [1.807, 2.05) is 13.8 Å². The summed E-state index contributed by atoms with van der Waals surface area (Å²) in [5, 5.41) is 12.8. The second-order valence-electron chi connectivity index (χ2n) is 7.49. The first-order valence-electron chi connectivity index (χ1n) is 10.7. The number of allylic oxidation sites excluding steroid dienone is 5. The fraction of sp³-hybridized carbons (Fsp3) is 0.458. The molecule has 6 N–H and O–H groups in total. The van der Waals surface area contributed by atoms with Gasteiger partial charge in [0, 0.05) is 23.6 Å². The number of nitrogens with zero attached hydrogens (tertiary/aromatic N) is 1. The Bertz CT molecular complexity index is 803. The fourth-order valence-electron chi connectivity index (χ4n) is 3.36. The molecule has 7 heteroatoms. The van der Waals surface area contributed by atoms with Crippen molar-refractivity contribution in [1.82, 2.24) is 10.2 Å². The van der Waals surface area contributed by atoms with Gasteiger partial charge in [-0.05, 0) is 57.0 Å². The van der Waals surface area contributed by atoms with Gasteiger partial charge in [-0.2, -0.15) is 0 Å². The van der Waals surface area contributed by atoms with E-state index in [2.05, 4.69) is 11.9 Å². The highest BCUT2D eigenvalue weighted by molar-refractivity contribution is 5.94. The summed E-state index contributed by atoms with van der Waals surface area (Å²) in [5.41, 5.74) is 13.5. The first kappa shape index (κ1) is 26.6. The lowest BCUT2D eigenvalue weighted by Crippen LogP contribution is -2.50. The number of carbonyl (C=O) groups excluding carboxylic acids is 1. The second kappa shape index (κ2) is 12.4. The van der Waals surface area contributed by atoms with Gasteiger partial charge in [0.15, 0.2) is 0 Å². The SMILES string of the molecule is C=CC/C=C(F)\C=C/CC1(C(N)N(C)C(N)c2ccc(C(=O)NC)cc2O)CC1.CC. The average Bonchev–Trinajstić information content (AvgIpc) is 3.57. The lowest BCUT2D eigenvalue weighted by molar-refractivity contribution is 0.0962. The van der Waals surface area contributed by atoms with E-state index < -0.39 is 6.17 Å². The number of amides is 1. The monoisotopic (exact) mass is 432 g/mol. The molecule has 1 fully saturated rings. The Balaban J connectivity index is 0.00000233. The number of nitrogens with one attached hydrogen (secondary N) is 1. The highest BCUT2D eigenvalue weighted by atomic mass is 19.1. The molecule has 1 aromatic carbocycles.